The van der Waals surface area contributed by atoms with E-state index in [1.807, 2.05) is 25.1 Å². The van der Waals surface area contributed by atoms with Crippen LogP contribution < -0.4 is 15.7 Å². The molecule has 9 heteroatoms. The summed E-state index contributed by atoms with van der Waals surface area (Å²) in [5.41, 5.74) is 1.65. The number of nitrogens with zero attached hydrogens (tertiary/aromatic N) is 1. The molecule has 142 valence electrons. The van der Waals surface area contributed by atoms with Crippen molar-refractivity contribution in [1.82, 2.24) is 5.32 Å². The lowest BCUT2D eigenvalue weighted by Crippen LogP contribution is -2.26. The van der Waals surface area contributed by atoms with Crippen molar-refractivity contribution in [2.75, 3.05) is 16.8 Å². The van der Waals surface area contributed by atoms with Gasteiger partial charge in [0, 0.05) is 24.4 Å². The molecule has 0 fully saturated rings. The molecule has 2 rings (SSSR count). The first kappa shape index (κ1) is 20.2. The molecule has 2 N–H and O–H groups in total. The van der Waals surface area contributed by atoms with Gasteiger partial charge in [0.05, 0.1) is 16.4 Å². The lowest BCUT2D eigenvalue weighted by atomic mass is 10.2. The molecule has 0 spiro atoms. The van der Waals surface area contributed by atoms with Crippen LogP contribution in [0.2, 0.25) is 0 Å². The number of anilines is 1. The van der Waals surface area contributed by atoms with Crippen LogP contribution in [0.5, 0.6) is 5.75 Å². The topological polar surface area (TPSA) is 124 Å². The molecular formula is C18H18N3O5S-. The fourth-order valence-electron chi connectivity index (χ4n) is 2.22. The number of amides is 2. The second-order valence-electron chi connectivity index (χ2n) is 5.74. The summed E-state index contributed by atoms with van der Waals surface area (Å²) in [6.45, 7) is 1.82. The van der Waals surface area contributed by atoms with Gasteiger partial charge in [-0.1, -0.05) is 18.2 Å². The van der Waals surface area contributed by atoms with E-state index in [4.69, 9.17) is 0 Å². The van der Waals surface area contributed by atoms with Gasteiger partial charge in [-0.15, -0.1) is 17.5 Å². The molecule has 0 aliphatic heterocycles. The third kappa shape index (κ3) is 6.63. The van der Waals surface area contributed by atoms with Gasteiger partial charge in [0.15, 0.2) is 0 Å². The molecule has 0 saturated heterocycles. The van der Waals surface area contributed by atoms with Gasteiger partial charge < -0.3 is 15.7 Å². The number of rotatable bonds is 8. The Labute approximate surface area is 160 Å². The first-order valence-corrected chi connectivity index (χ1v) is 9.16. The van der Waals surface area contributed by atoms with E-state index in [0.717, 1.165) is 35.5 Å². The highest BCUT2D eigenvalue weighted by Crippen LogP contribution is 2.20. The number of nitro groups is 1. The summed E-state index contributed by atoms with van der Waals surface area (Å²) in [6.07, 6.45) is 0. The average Bonchev–Trinajstić information content (AvgIpc) is 2.60. The minimum Gasteiger partial charge on any atom is -0.872 e. The van der Waals surface area contributed by atoms with Gasteiger partial charge in [0.2, 0.25) is 11.8 Å². The van der Waals surface area contributed by atoms with Crippen molar-refractivity contribution in [3.05, 3.63) is 63.7 Å². The number of nitro benzene ring substituents is 1. The number of non-ortho nitro benzene ring substituents is 1. The number of carbonyl (C=O) groups excluding carboxylic acids is 2. The van der Waals surface area contributed by atoms with Crippen LogP contribution in [-0.2, 0) is 16.1 Å². The van der Waals surface area contributed by atoms with Gasteiger partial charge >= 0.3 is 0 Å². The predicted octanol–water partition coefficient (Wildman–Crippen LogP) is 1.96. The average molecular weight is 388 g/mol. The lowest BCUT2D eigenvalue weighted by molar-refractivity contribution is -0.385. The highest BCUT2D eigenvalue weighted by Gasteiger charge is 2.09. The quantitative estimate of drug-likeness (QED) is 0.526. The molecule has 0 unspecified atom stereocenters. The Kier molecular flexibility index (Phi) is 7.18. The fourth-order valence-corrected chi connectivity index (χ4v) is 2.87. The van der Waals surface area contributed by atoms with E-state index in [1.165, 1.54) is 0 Å². The molecule has 2 amide bonds. The maximum atomic E-state index is 11.9. The third-order valence-electron chi connectivity index (χ3n) is 3.50. The molecule has 0 atom stereocenters. The molecule has 0 bridgehead atoms. The van der Waals surface area contributed by atoms with Gasteiger partial charge in [0.25, 0.3) is 5.69 Å². The van der Waals surface area contributed by atoms with E-state index < -0.39 is 4.92 Å². The van der Waals surface area contributed by atoms with E-state index in [9.17, 15) is 24.8 Å². The monoisotopic (exact) mass is 388 g/mol. The Morgan fingerprint density at radius 2 is 1.85 bits per heavy atom. The first-order valence-electron chi connectivity index (χ1n) is 8.00. The number of carbonyl (C=O) groups is 2. The molecule has 27 heavy (non-hydrogen) atoms. The number of nitrogens with one attached hydrogen (secondary N) is 2. The summed E-state index contributed by atoms with van der Waals surface area (Å²) in [5.74, 6) is -0.839. The van der Waals surface area contributed by atoms with E-state index in [2.05, 4.69) is 10.6 Å². The van der Waals surface area contributed by atoms with Gasteiger partial charge in [-0.25, -0.2) is 0 Å². The van der Waals surface area contributed by atoms with Crippen LogP contribution in [0.3, 0.4) is 0 Å². The summed E-state index contributed by atoms with van der Waals surface area (Å²) >= 11 is 1.13. The second kappa shape index (κ2) is 9.58. The molecule has 2 aromatic rings. The molecule has 0 aliphatic rings. The third-order valence-corrected chi connectivity index (χ3v) is 4.43. The zero-order valence-corrected chi connectivity index (χ0v) is 15.4. The minimum absolute atomic E-state index is 0.0321. The van der Waals surface area contributed by atoms with Gasteiger partial charge in [-0.3, -0.25) is 19.7 Å². The molecule has 0 saturated carbocycles. The van der Waals surface area contributed by atoms with Crippen molar-refractivity contribution in [1.29, 1.82) is 0 Å². The van der Waals surface area contributed by atoms with Crippen LogP contribution in [0.4, 0.5) is 11.4 Å². The first-order chi connectivity index (χ1) is 12.8. The highest BCUT2D eigenvalue weighted by atomic mass is 32.2. The molecular weight excluding hydrogens is 370 g/mol. The zero-order valence-electron chi connectivity index (χ0n) is 14.6. The molecule has 2 aromatic carbocycles. The Balaban J connectivity index is 1.74. The summed E-state index contributed by atoms with van der Waals surface area (Å²) in [4.78, 5) is 33.8. The van der Waals surface area contributed by atoms with E-state index >= 15 is 0 Å². The second-order valence-corrected chi connectivity index (χ2v) is 6.72. The Hall–Kier alpha value is -3.07. The Morgan fingerprint density at radius 1 is 1.11 bits per heavy atom. The standard InChI is InChI=1S/C18H19N3O5S/c1-12-3-2-4-14(7-12)20-18(24)11-27-10-17(23)19-9-13-8-15(21(25)26)5-6-16(13)22/h2-8,22H,9-11H2,1H3,(H,19,23)(H,20,24)/p-1. The van der Waals surface area contributed by atoms with Crippen LogP contribution in [0, 0.1) is 17.0 Å². The predicted molar refractivity (Wildman–Crippen MR) is 102 cm³/mol. The van der Waals surface area contributed by atoms with Crippen molar-refractivity contribution in [2.24, 2.45) is 0 Å². The Bertz CT molecular complexity index is 857. The summed E-state index contributed by atoms with van der Waals surface area (Å²) in [7, 11) is 0. The maximum Gasteiger partial charge on any atom is 0.269 e. The molecule has 0 radical (unpaired) electrons. The summed E-state index contributed by atoms with van der Waals surface area (Å²) < 4.78 is 0. The van der Waals surface area contributed by atoms with Crippen LogP contribution >= 0.6 is 11.8 Å². The van der Waals surface area contributed by atoms with Gasteiger partial charge in [0.1, 0.15) is 0 Å². The SMILES string of the molecule is Cc1cccc(NC(=O)CSCC(=O)NCc2cc([N+](=O)[O-])ccc2[O-])c1. The molecule has 8 nitrogen and oxygen atoms in total. The van der Waals surface area contributed by atoms with Crippen molar-refractivity contribution in [3.63, 3.8) is 0 Å². The van der Waals surface area contributed by atoms with Crippen molar-refractivity contribution < 1.29 is 19.6 Å². The molecule has 0 aromatic heterocycles. The zero-order chi connectivity index (χ0) is 19.8. The van der Waals surface area contributed by atoms with Crippen molar-refractivity contribution >= 4 is 35.0 Å². The number of hydrogen-bond donors (Lipinski definition) is 2. The maximum absolute atomic E-state index is 11.9. The van der Waals surface area contributed by atoms with E-state index in [1.54, 1.807) is 6.07 Å². The fraction of sp³-hybridized carbons (Fsp3) is 0.222. The van der Waals surface area contributed by atoms with Crippen molar-refractivity contribution in [2.45, 2.75) is 13.5 Å². The van der Waals surface area contributed by atoms with Crippen LogP contribution in [-0.4, -0.2) is 28.2 Å². The van der Waals surface area contributed by atoms with Gasteiger partial charge in [-0.05, 0) is 30.2 Å². The Morgan fingerprint density at radius 3 is 2.56 bits per heavy atom. The van der Waals surface area contributed by atoms with Crippen molar-refractivity contribution in [3.8, 4) is 5.75 Å². The van der Waals surface area contributed by atoms with Crippen LogP contribution in [0.15, 0.2) is 42.5 Å². The minimum atomic E-state index is -0.604. The number of thioether (sulfide) groups is 1. The van der Waals surface area contributed by atoms with Crippen LogP contribution in [0.1, 0.15) is 11.1 Å². The number of hydrogen-bond acceptors (Lipinski definition) is 6. The van der Waals surface area contributed by atoms with Crippen LogP contribution in [0.25, 0.3) is 0 Å². The lowest BCUT2D eigenvalue weighted by Gasteiger charge is -2.13. The molecule has 0 aliphatic carbocycles. The van der Waals surface area contributed by atoms with Gasteiger partial charge in [-0.2, -0.15) is 0 Å². The smallest absolute Gasteiger partial charge is 0.269 e. The van der Waals surface area contributed by atoms with E-state index in [-0.39, 0.29) is 46.9 Å². The van der Waals surface area contributed by atoms with E-state index in [0.29, 0.717) is 5.69 Å². The number of benzene rings is 2. The molecule has 0 heterocycles. The number of aryl methyl sites for hydroxylation is 1. The largest absolute Gasteiger partial charge is 0.872 e. The highest BCUT2D eigenvalue weighted by molar-refractivity contribution is 8.00. The summed E-state index contributed by atoms with van der Waals surface area (Å²) in [5, 5.41) is 27.7. The summed E-state index contributed by atoms with van der Waals surface area (Å²) in [6, 6.07) is 10.7. The normalized spacial score (nSPS) is 10.3.